The summed E-state index contributed by atoms with van der Waals surface area (Å²) in [4.78, 5) is 13.7. The average molecular weight is 459 g/mol. The van der Waals surface area contributed by atoms with Crippen LogP contribution in [0.4, 0.5) is 31.1 Å². The van der Waals surface area contributed by atoms with E-state index in [-0.39, 0.29) is 19.2 Å². The molecule has 0 fully saturated rings. The fraction of sp³-hybridized carbons (Fsp3) is 0.316. The number of halogens is 6. The lowest BCUT2D eigenvalue weighted by Gasteiger charge is -2.27. The number of carbonyl (C=O) groups is 1. The molecule has 4 rings (SSSR count). The van der Waals surface area contributed by atoms with Gasteiger partial charge < -0.3 is 9.64 Å². The lowest BCUT2D eigenvalue weighted by atomic mass is 10.1. The SMILES string of the molecule is O=C(OCc1cc(C(F)(F)F)cc(C(F)(F)F)c1)N1CCn2nc(-c3cn[nH]c3)cc2C1. The fourth-order valence-corrected chi connectivity index (χ4v) is 3.29. The molecule has 0 unspecified atom stereocenters. The molecule has 0 radical (unpaired) electrons. The van der Waals surface area contributed by atoms with Gasteiger partial charge >= 0.3 is 18.4 Å². The summed E-state index contributed by atoms with van der Waals surface area (Å²) in [5.41, 5.74) is -1.25. The van der Waals surface area contributed by atoms with E-state index in [1.807, 2.05) is 0 Å². The van der Waals surface area contributed by atoms with Crippen molar-refractivity contribution in [3.05, 3.63) is 59.0 Å². The molecule has 170 valence electrons. The van der Waals surface area contributed by atoms with Crippen molar-refractivity contribution in [1.29, 1.82) is 0 Å². The van der Waals surface area contributed by atoms with Gasteiger partial charge in [-0.2, -0.15) is 36.5 Å². The third-order valence-electron chi connectivity index (χ3n) is 4.86. The molecule has 0 saturated carbocycles. The van der Waals surface area contributed by atoms with Gasteiger partial charge in [-0.25, -0.2) is 4.79 Å². The number of fused-ring (bicyclic) bond motifs is 1. The van der Waals surface area contributed by atoms with Gasteiger partial charge in [0.2, 0.25) is 0 Å². The van der Waals surface area contributed by atoms with Crippen LogP contribution in [0.2, 0.25) is 0 Å². The molecule has 1 aliphatic heterocycles. The van der Waals surface area contributed by atoms with Crippen LogP contribution in [0.15, 0.2) is 36.7 Å². The summed E-state index contributed by atoms with van der Waals surface area (Å²) in [5.74, 6) is 0. The first-order valence-corrected chi connectivity index (χ1v) is 9.26. The topological polar surface area (TPSA) is 76.0 Å². The predicted octanol–water partition coefficient (Wildman–Crippen LogP) is 4.46. The summed E-state index contributed by atoms with van der Waals surface area (Å²) in [5, 5.41) is 10.9. The highest BCUT2D eigenvalue weighted by atomic mass is 19.4. The van der Waals surface area contributed by atoms with Crippen LogP contribution in [0.25, 0.3) is 11.3 Å². The van der Waals surface area contributed by atoms with Crippen molar-refractivity contribution in [3.63, 3.8) is 0 Å². The van der Waals surface area contributed by atoms with Crippen molar-refractivity contribution in [2.75, 3.05) is 6.54 Å². The quantitative estimate of drug-likeness (QED) is 0.587. The summed E-state index contributed by atoms with van der Waals surface area (Å²) in [6.45, 7) is -0.0409. The Hall–Kier alpha value is -3.51. The summed E-state index contributed by atoms with van der Waals surface area (Å²) < 4.78 is 84.5. The molecule has 3 aromatic rings. The molecular formula is C19H15F6N5O2. The first kappa shape index (κ1) is 21.7. The number of rotatable bonds is 3. The third-order valence-corrected chi connectivity index (χ3v) is 4.86. The van der Waals surface area contributed by atoms with Crippen molar-refractivity contribution in [2.45, 2.75) is 32.0 Å². The van der Waals surface area contributed by atoms with Crippen LogP contribution in [0, 0.1) is 0 Å². The highest BCUT2D eigenvalue weighted by Crippen LogP contribution is 2.36. The van der Waals surface area contributed by atoms with E-state index in [2.05, 4.69) is 15.3 Å². The summed E-state index contributed by atoms with van der Waals surface area (Å²) in [6, 6.07) is 2.84. The van der Waals surface area contributed by atoms with E-state index in [0.717, 1.165) is 5.56 Å². The number of benzene rings is 1. The van der Waals surface area contributed by atoms with Crippen molar-refractivity contribution in [3.8, 4) is 11.3 Å². The molecule has 2 aromatic heterocycles. The number of nitrogens with zero attached hydrogens (tertiary/aromatic N) is 4. The lowest BCUT2D eigenvalue weighted by molar-refractivity contribution is -0.143. The van der Waals surface area contributed by atoms with E-state index in [4.69, 9.17) is 4.74 Å². The first-order chi connectivity index (χ1) is 15.0. The van der Waals surface area contributed by atoms with Gasteiger partial charge in [0.25, 0.3) is 0 Å². The second-order valence-corrected chi connectivity index (χ2v) is 7.12. The molecular weight excluding hydrogens is 444 g/mol. The second-order valence-electron chi connectivity index (χ2n) is 7.12. The number of H-pyrrole nitrogens is 1. The van der Waals surface area contributed by atoms with Crippen molar-refractivity contribution in [2.24, 2.45) is 0 Å². The van der Waals surface area contributed by atoms with E-state index in [1.54, 1.807) is 23.1 Å². The van der Waals surface area contributed by atoms with Gasteiger partial charge in [0.05, 0.1) is 41.8 Å². The van der Waals surface area contributed by atoms with Crippen molar-refractivity contribution >= 4 is 6.09 Å². The predicted molar refractivity (Wildman–Crippen MR) is 96.8 cm³/mol. The van der Waals surface area contributed by atoms with Gasteiger partial charge in [0.1, 0.15) is 6.61 Å². The van der Waals surface area contributed by atoms with E-state index >= 15 is 0 Å². The zero-order valence-electron chi connectivity index (χ0n) is 16.2. The monoisotopic (exact) mass is 459 g/mol. The van der Waals surface area contributed by atoms with E-state index in [0.29, 0.717) is 30.1 Å². The molecule has 1 amide bonds. The number of aromatic amines is 1. The van der Waals surface area contributed by atoms with Gasteiger partial charge in [-0.05, 0) is 29.8 Å². The minimum absolute atomic E-state index is 0.0225. The Morgan fingerprint density at radius 2 is 1.72 bits per heavy atom. The van der Waals surface area contributed by atoms with Crippen molar-refractivity contribution in [1.82, 2.24) is 24.9 Å². The molecule has 0 spiro atoms. The number of amides is 1. The molecule has 32 heavy (non-hydrogen) atoms. The minimum Gasteiger partial charge on any atom is -0.445 e. The maximum absolute atomic E-state index is 13.0. The molecule has 1 N–H and O–H groups in total. The highest BCUT2D eigenvalue weighted by Gasteiger charge is 2.37. The lowest BCUT2D eigenvalue weighted by Crippen LogP contribution is -2.38. The normalized spacial score (nSPS) is 14.4. The highest BCUT2D eigenvalue weighted by molar-refractivity contribution is 5.68. The average Bonchev–Trinajstić information content (AvgIpc) is 3.39. The van der Waals surface area contributed by atoms with Gasteiger partial charge in [-0.3, -0.25) is 9.78 Å². The number of alkyl halides is 6. The molecule has 0 aliphatic carbocycles. The number of hydrogen-bond donors (Lipinski definition) is 1. The molecule has 0 atom stereocenters. The summed E-state index contributed by atoms with van der Waals surface area (Å²) in [7, 11) is 0. The number of carbonyl (C=O) groups excluding carboxylic acids is 1. The number of aromatic nitrogens is 4. The van der Waals surface area contributed by atoms with Gasteiger partial charge in [-0.1, -0.05) is 0 Å². The maximum atomic E-state index is 13.0. The smallest absolute Gasteiger partial charge is 0.416 e. The molecule has 1 aliphatic rings. The van der Waals surface area contributed by atoms with Crippen LogP contribution in [0.5, 0.6) is 0 Å². The van der Waals surface area contributed by atoms with Crippen LogP contribution in [-0.2, 0) is 36.8 Å². The molecule has 7 nitrogen and oxygen atoms in total. The van der Waals surface area contributed by atoms with E-state index in [9.17, 15) is 31.1 Å². The zero-order valence-corrected chi connectivity index (χ0v) is 16.2. The maximum Gasteiger partial charge on any atom is 0.416 e. The Kier molecular flexibility index (Phi) is 5.34. The van der Waals surface area contributed by atoms with Gasteiger partial charge in [0, 0.05) is 18.3 Å². The fourth-order valence-electron chi connectivity index (χ4n) is 3.29. The Bertz CT molecular complexity index is 1090. The minimum atomic E-state index is -4.97. The van der Waals surface area contributed by atoms with E-state index < -0.39 is 41.7 Å². The number of ether oxygens (including phenoxy) is 1. The second kappa shape index (κ2) is 7.88. The number of nitrogens with one attached hydrogen (secondary N) is 1. The summed E-state index contributed by atoms with van der Waals surface area (Å²) >= 11 is 0. The Morgan fingerprint density at radius 1 is 1.03 bits per heavy atom. The van der Waals surface area contributed by atoms with Crippen LogP contribution < -0.4 is 0 Å². The molecule has 0 saturated heterocycles. The van der Waals surface area contributed by atoms with Crippen LogP contribution in [-0.4, -0.2) is 37.5 Å². The first-order valence-electron chi connectivity index (χ1n) is 9.26. The molecule has 1 aromatic carbocycles. The molecule has 3 heterocycles. The van der Waals surface area contributed by atoms with Crippen LogP contribution in [0.3, 0.4) is 0 Å². The number of hydrogen-bond acceptors (Lipinski definition) is 4. The van der Waals surface area contributed by atoms with Crippen LogP contribution >= 0.6 is 0 Å². The third kappa shape index (κ3) is 4.55. The van der Waals surface area contributed by atoms with Crippen LogP contribution in [0.1, 0.15) is 22.4 Å². The largest absolute Gasteiger partial charge is 0.445 e. The standard InChI is InChI=1S/C19H15F6N5O2/c20-18(21,22)13-3-11(4-14(5-13)19(23,24)25)10-32-17(31)29-1-2-30-15(9-29)6-16(28-30)12-7-26-27-8-12/h3-8H,1-2,9-10H2,(H,26,27). The Morgan fingerprint density at radius 3 is 2.31 bits per heavy atom. The van der Waals surface area contributed by atoms with Gasteiger partial charge in [0.15, 0.2) is 0 Å². The van der Waals surface area contributed by atoms with Crippen molar-refractivity contribution < 1.29 is 35.9 Å². The molecule has 13 heteroatoms. The van der Waals surface area contributed by atoms with Gasteiger partial charge in [-0.15, -0.1) is 0 Å². The van der Waals surface area contributed by atoms with E-state index in [1.165, 1.54) is 4.90 Å². The Labute approximate surface area is 176 Å². The molecule has 0 bridgehead atoms. The zero-order chi connectivity index (χ0) is 23.1. The Balaban J connectivity index is 1.45. The summed E-state index contributed by atoms with van der Waals surface area (Å²) in [6.07, 6.45) is -7.56.